The van der Waals surface area contributed by atoms with Crippen molar-refractivity contribution in [2.75, 3.05) is 13.1 Å². The number of urea groups is 1. The monoisotopic (exact) mass is 322 g/mol. The fraction of sp³-hybridized carbons (Fsp3) is 0.357. The Hall–Kier alpha value is -2.35. The average Bonchev–Trinajstić information content (AvgIpc) is 3.15. The molecule has 8 heteroatoms. The molecule has 0 aliphatic rings. The predicted molar refractivity (Wildman–Crippen MR) is 82.7 cm³/mol. The Labute approximate surface area is 132 Å². The van der Waals surface area contributed by atoms with E-state index < -0.39 is 0 Å². The number of carbonyl (C=O) groups excluding carboxylic acids is 2. The lowest BCUT2D eigenvalue weighted by Crippen LogP contribution is -2.36. The molecule has 118 valence electrons. The summed E-state index contributed by atoms with van der Waals surface area (Å²) in [5.74, 6) is 0.0878. The molecule has 0 unspecified atom stereocenters. The van der Waals surface area contributed by atoms with Crippen LogP contribution in [0.3, 0.4) is 0 Å². The van der Waals surface area contributed by atoms with Crippen LogP contribution < -0.4 is 16.0 Å². The van der Waals surface area contributed by atoms with Gasteiger partial charge >= 0.3 is 6.03 Å². The van der Waals surface area contributed by atoms with E-state index in [4.69, 9.17) is 4.42 Å². The van der Waals surface area contributed by atoms with Crippen LogP contribution in [0.15, 0.2) is 28.3 Å². The minimum absolute atomic E-state index is 0.240. The molecule has 7 nitrogen and oxygen atoms in total. The topological polar surface area (TPSA) is 96.3 Å². The molecular formula is C14H18N4O3S. The van der Waals surface area contributed by atoms with Crippen LogP contribution in [-0.2, 0) is 6.54 Å². The second-order valence-corrected chi connectivity index (χ2v) is 5.56. The smallest absolute Gasteiger partial charge is 0.315 e. The Morgan fingerprint density at radius 2 is 2.09 bits per heavy atom. The van der Waals surface area contributed by atoms with Crippen molar-refractivity contribution in [3.8, 4) is 0 Å². The Morgan fingerprint density at radius 3 is 2.77 bits per heavy atom. The highest BCUT2D eigenvalue weighted by atomic mass is 32.1. The number of furan rings is 1. The van der Waals surface area contributed by atoms with Gasteiger partial charge in [0.05, 0.1) is 12.8 Å². The van der Waals surface area contributed by atoms with Crippen molar-refractivity contribution in [2.45, 2.75) is 19.9 Å². The average molecular weight is 322 g/mol. The summed E-state index contributed by atoms with van der Waals surface area (Å²) in [4.78, 5) is 27.3. The molecule has 0 aliphatic heterocycles. The Bertz CT molecular complexity index is 609. The largest absolute Gasteiger partial charge is 0.459 e. The minimum atomic E-state index is -0.247. The minimum Gasteiger partial charge on any atom is -0.459 e. The van der Waals surface area contributed by atoms with Gasteiger partial charge in [-0.2, -0.15) is 0 Å². The quantitative estimate of drug-likeness (QED) is 0.676. The number of hydrogen-bond donors (Lipinski definition) is 3. The number of rotatable bonds is 7. The fourth-order valence-corrected chi connectivity index (χ4v) is 2.29. The van der Waals surface area contributed by atoms with Crippen LogP contribution in [0.25, 0.3) is 0 Å². The van der Waals surface area contributed by atoms with Crippen LogP contribution in [0, 0.1) is 6.92 Å². The zero-order valence-corrected chi connectivity index (χ0v) is 13.0. The molecule has 0 radical (unpaired) electrons. The van der Waals surface area contributed by atoms with Crippen molar-refractivity contribution in [1.82, 2.24) is 20.9 Å². The number of thiazole rings is 1. The summed E-state index contributed by atoms with van der Waals surface area (Å²) in [7, 11) is 0. The first-order valence-electron chi connectivity index (χ1n) is 6.89. The van der Waals surface area contributed by atoms with E-state index in [0.29, 0.717) is 31.8 Å². The summed E-state index contributed by atoms with van der Waals surface area (Å²) in [5, 5.41) is 10.9. The summed E-state index contributed by atoms with van der Waals surface area (Å²) in [5.41, 5.74) is 0.803. The molecule has 0 atom stereocenters. The SMILES string of the molecule is Cc1ccoc1C(=O)NCCCNC(=O)NCc1nccs1. The third-order valence-electron chi connectivity index (χ3n) is 2.88. The molecule has 3 amide bonds. The van der Waals surface area contributed by atoms with E-state index in [0.717, 1.165) is 10.6 Å². The summed E-state index contributed by atoms with van der Waals surface area (Å²) in [6.45, 7) is 3.16. The second-order valence-electron chi connectivity index (χ2n) is 4.58. The van der Waals surface area contributed by atoms with E-state index in [9.17, 15) is 9.59 Å². The van der Waals surface area contributed by atoms with Crippen LogP contribution in [0.1, 0.15) is 27.5 Å². The van der Waals surface area contributed by atoms with Gasteiger partial charge in [0.25, 0.3) is 5.91 Å². The van der Waals surface area contributed by atoms with E-state index in [2.05, 4.69) is 20.9 Å². The summed E-state index contributed by atoms with van der Waals surface area (Å²) in [6.07, 6.45) is 3.82. The first-order valence-corrected chi connectivity index (χ1v) is 7.77. The van der Waals surface area contributed by atoms with E-state index in [1.807, 2.05) is 12.3 Å². The molecule has 0 aromatic carbocycles. The Kier molecular flexibility index (Phi) is 5.96. The van der Waals surface area contributed by atoms with Crippen molar-refractivity contribution in [2.24, 2.45) is 0 Å². The Balaban J connectivity index is 1.54. The molecule has 2 aromatic heterocycles. The maximum atomic E-state index is 11.7. The van der Waals surface area contributed by atoms with Gasteiger partial charge in [0, 0.05) is 30.2 Å². The lowest BCUT2D eigenvalue weighted by atomic mass is 10.2. The zero-order chi connectivity index (χ0) is 15.8. The Morgan fingerprint density at radius 1 is 1.27 bits per heavy atom. The van der Waals surface area contributed by atoms with Crippen LogP contribution in [0.4, 0.5) is 4.79 Å². The van der Waals surface area contributed by atoms with Crippen LogP contribution >= 0.6 is 11.3 Å². The third-order valence-corrected chi connectivity index (χ3v) is 3.66. The molecule has 22 heavy (non-hydrogen) atoms. The number of nitrogens with one attached hydrogen (secondary N) is 3. The van der Waals surface area contributed by atoms with E-state index in [1.54, 1.807) is 12.3 Å². The molecule has 2 heterocycles. The fourth-order valence-electron chi connectivity index (χ4n) is 1.74. The van der Waals surface area contributed by atoms with Gasteiger partial charge in [-0.3, -0.25) is 4.79 Å². The normalized spacial score (nSPS) is 10.2. The van der Waals surface area contributed by atoms with E-state index in [1.165, 1.54) is 17.6 Å². The van der Waals surface area contributed by atoms with Gasteiger partial charge in [0.15, 0.2) is 5.76 Å². The summed E-state index contributed by atoms with van der Waals surface area (Å²) < 4.78 is 5.09. The maximum Gasteiger partial charge on any atom is 0.315 e. The van der Waals surface area contributed by atoms with Crippen LogP contribution in [-0.4, -0.2) is 30.0 Å². The lowest BCUT2D eigenvalue weighted by molar-refractivity contribution is 0.0925. The first-order chi connectivity index (χ1) is 10.7. The van der Waals surface area contributed by atoms with Crippen molar-refractivity contribution < 1.29 is 14.0 Å². The van der Waals surface area contributed by atoms with E-state index >= 15 is 0 Å². The van der Waals surface area contributed by atoms with Gasteiger partial charge in [-0.15, -0.1) is 11.3 Å². The number of nitrogens with zero attached hydrogens (tertiary/aromatic N) is 1. The van der Waals surface area contributed by atoms with Crippen LogP contribution in [0.2, 0.25) is 0 Å². The first kappa shape index (κ1) is 16.0. The highest BCUT2D eigenvalue weighted by molar-refractivity contribution is 7.09. The molecule has 0 saturated carbocycles. The summed E-state index contributed by atoms with van der Waals surface area (Å²) >= 11 is 1.49. The molecule has 2 rings (SSSR count). The van der Waals surface area contributed by atoms with Gasteiger partial charge in [-0.25, -0.2) is 9.78 Å². The number of aryl methyl sites for hydroxylation is 1. The predicted octanol–water partition coefficient (Wildman–Crippen LogP) is 1.66. The van der Waals surface area contributed by atoms with Gasteiger partial charge in [-0.1, -0.05) is 0 Å². The van der Waals surface area contributed by atoms with Crippen molar-refractivity contribution in [1.29, 1.82) is 0 Å². The van der Waals surface area contributed by atoms with Gasteiger partial charge in [-0.05, 0) is 19.4 Å². The summed E-state index contributed by atoms with van der Waals surface area (Å²) in [6, 6.07) is 1.49. The number of aromatic nitrogens is 1. The zero-order valence-electron chi connectivity index (χ0n) is 12.2. The van der Waals surface area contributed by atoms with Crippen molar-refractivity contribution in [3.63, 3.8) is 0 Å². The van der Waals surface area contributed by atoms with Gasteiger partial charge in [0.2, 0.25) is 0 Å². The highest BCUT2D eigenvalue weighted by Gasteiger charge is 2.11. The number of amides is 3. The molecule has 0 fully saturated rings. The molecule has 0 saturated heterocycles. The molecule has 2 aromatic rings. The van der Waals surface area contributed by atoms with Crippen molar-refractivity contribution in [3.05, 3.63) is 40.2 Å². The van der Waals surface area contributed by atoms with Gasteiger partial charge in [0.1, 0.15) is 5.01 Å². The van der Waals surface area contributed by atoms with Crippen molar-refractivity contribution >= 4 is 23.3 Å². The molecule has 3 N–H and O–H groups in total. The number of carbonyl (C=O) groups is 2. The third kappa shape index (κ3) is 4.88. The molecule has 0 bridgehead atoms. The molecule has 0 aliphatic carbocycles. The highest BCUT2D eigenvalue weighted by Crippen LogP contribution is 2.07. The molecule has 0 spiro atoms. The standard InChI is InChI=1S/C14H18N4O3S/c1-10-3-7-21-12(10)13(19)16-4-2-5-17-14(20)18-9-11-15-6-8-22-11/h3,6-8H,2,4-5,9H2,1H3,(H,16,19)(H2,17,18,20). The van der Waals surface area contributed by atoms with Crippen LogP contribution in [0.5, 0.6) is 0 Å². The van der Waals surface area contributed by atoms with Gasteiger partial charge < -0.3 is 20.4 Å². The molecular weight excluding hydrogens is 304 g/mol. The maximum absolute atomic E-state index is 11.7. The second kappa shape index (κ2) is 8.18. The van der Waals surface area contributed by atoms with E-state index in [-0.39, 0.29) is 11.9 Å². The lowest BCUT2D eigenvalue weighted by Gasteiger charge is -2.07. The number of hydrogen-bond acceptors (Lipinski definition) is 5.